The average molecular weight is 329 g/mol. The number of benzene rings is 1. The van der Waals surface area contributed by atoms with Gasteiger partial charge in [0.05, 0.1) is 24.5 Å². The molecule has 6 nitrogen and oxygen atoms in total. The second kappa shape index (κ2) is 5.87. The lowest BCUT2D eigenvalue weighted by atomic mass is 10.1. The van der Waals surface area contributed by atoms with Crippen molar-refractivity contribution in [2.75, 3.05) is 16.3 Å². The summed E-state index contributed by atoms with van der Waals surface area (Å²) in [7, 11) is 0. The Kier molecular flexibility index (Phi) is 3.55. The summed E-state index contributed by atoms with van der Waals surface area (Å²) in [6.07, 6.45) is 5.07. The summed E-state index contributed by atoms with van der Waals surface area (Å²) in [5, 5.41) is 11.4. The highest BCUT2D eigenvalue weighted by atomic mass is 16.2. The molecule has 0 aliphatic carbocycles. The van der Waals surface area contributed by atoms with Gasteiger partial charge in [-0.1, -0.05) is 24.3 Å². The van der Waals surface area contributed by atoms with E-state index in [0.717, 1.165) is 22.2 Å². The second-order valence-corrected chi connectivity index (χ2v) is 5.94. The third-order valence-electron chi connectivity index (χ3n) is 4.35. The number of amides is 2. The summed E-state index contributed by atoms with van der Waals surface area (Å²) in [5.41, 5.74) is 2.22. The Labute approximate surface area is 145 Å². The Bertz CT molecular complexity index is 1000. The van der Waals surface area contributed by atoms with Crippen molar-refractivity contribution in [3.8, 4) is 6.07 Å². The first-order valence-electron chi connectivity index (χ1n) is 7.95. The number of nitriles is 1. The largest absolute Gasteiger partial charge is 0.330 e. The van der Waals surface area contributed by atoms with Gasteiger partial charge in [0, 0.05) is 34.5 Å². The summed E-state index contributed by atoms with van der Waals surface area (Å²) in [6, 6.07) is 12.8. The van der Waals surface area contributed by atoms with Crippen LogP contribution in [0.5, 0.6) is 0 Å². The summed E-state index contributed by atoms with van der Waals surface area (Å²) in [5.74, 6) is 0. The van der Waals surface area contributed by atoms with Gasteiger partial charge in [-0.05, 0) is 19.1 Å². The molecule has 1 atom stereocenters. The number of carbonyl (C=O) groups excluding carboxylic acids is 1. The number of anilines is 2. The molecule has 1 fully saturated rings. The summed E-state index contributed by atoms with van der Waals surface area (Å²) >= 11 is 0. The molecule has 0 spiro atoms. The number of aryl methyl sites for hydroxylation is 1. The number of urea groups is 1. The molecule has 1 aromatic carbocycles. The number of rotatable bonds is 2. The Morgan fingerprint density at radius 3 is 2.88 bits per heavy atom. The van der Waals surface area contributed by atoms with Gasteiger partial charge < -0.3 is 0 Å². The van der Waals surface area contributed by atoms with Crippen molar-refractivity contribution >= 4 is 28.2 Å². The zero-order chi connectivity index (χ0) is 17.4. The van der Waals surface area contributed by atoms with Gasteiger partial charge in [-0.3, -0.25) is 19.8 Å². The third kappa shape index (κ3) is 2.46. The van der Waals surface area contributed by atoms with Crippen LogP contribution in [0.4, 0.5) is 16.2 Å². The van der Waals surface area contributed by atoms with Crippen LogP contribution in [-0.2, 0) is 0 Å². The molecule has 0 saturated carbocycles. The van der Waals surface area contributed by atoms with E-state index in [-0.39, 0.29) is 6.03 Å². The molecule has 122 valence electrons. The minimum absolute atomic E-state index is 0.227. The van der Waals surface area contributed by atoms with Crippen LogP contribution in [0.3, 0.4) is 0 Å². The molecule has 6 heteroatoms. The van der Waals surface area contributed by atoms with E-state index in [1.54, 1.807) is 29.6 Å². The van der Waals surface area contributed by atoms with Crippen molar-refractivity contribution < 1.29 is 4.79 Å². The number of pyridine rings is 2. The molecule has 1 saturated heterocycles. The molecule has 4 rings (SSSR count). The number of hydrogen-bond acceptors (Lipinski definition) is 4. The molecule has 0 N–H and O–H groups in total. The van der Waals surface area contributed by atoms with Crippen LogP contribution in [0, 0.1) is 18.3 Å². The van der Waals surface area contributed by atoms with Gasteiger partial charge in [0.25, 0.3) is 0 Å². The van der Waals surface area contributed by atoms with Gasteiger partial charge >= 0.3 is 6.03 Å². The Hall–Kier alpha value is -3.46. The highest BCUT2D eigenvalue weighted by Crippen LogP contribution is 2.33. The number of aromatic nitrogens is 2. The molecule has 1 aliphatic rings. The highest BCUT2D eigenvalue weighted by Gasteiger charge is 2.40. The Morgan fingerprint density at radius 2 is 2.08 bits per heavy atom. The summed E-state index contributed by atoms with van der Waals surface area (Å²) < 4.78 is 0. The lowest BCUT2D eigenvalue weighted by molar-refractivity contribution is 0.255. The van der Waals surface area contributed by atoms with E-state index in [1.807, 2.05) is 37.3 Å². The summed E-state index contributed by atoms with van der Waals surface area (Å²) in [6.45, 7) is 2.18. The van der Waals surface area contributed by atoms with Crippen molar-refractivity contribution in [3.05, 3.63) is 60.7 Å². The van der Waals surface area contributed by atoms with Crippen LogP contribution >= 0.6 is 0 Å². The van der Waals surface area contributed by atoms with Crippen LogP contribution in [0.2, 0.25) is 0 Å². The van der Waals surface area contributed by atoms with Crippen LogP contribution in [-0.4, -0.2) is 28.6 Å². The molecule has 0 bridgehead atoms. The van der Waals surface area contributed by atoms with Crippen molar-refractivity contribution in [2.45, 2.75) is 13.0 Å². The van der Waals surface area contributed by atoms with E-state index in [9.17, 15) is 10.1 Å². The topological polar surface area (TPSA) is 73.1 Å². The first-order chi connectivity index (χ1) is 12.2. The molecule has 1 aliphatic heterocycles. The molecule has 0 radical (unpaired) electrons. The van der Waals surface area contributed by atoms with E-state index < -0.39 is 6.04 Å². The molecule has 2 amide bonds. The van der Waals surface area contributed by atoms with Gasteiger partial charge in [-0.25, -0.2) is 4.79 Å². The molecule has 0 unspecified atom stereocenters. The van der Waals surface area contributed by atoms with Gasteiger partial charge in [-0.2, -0.15) is 5.26 Å². The van der Waals surface area contributed by atoms with E-state index in [4.69, 9.17) is 0 Å². The fourth-order valence-electron chi connectivity index (χ4n) is 3.17. The van der Waals surface area contributed by atoms with Crippen molar-refractivity contribution in [2.24, 2.45) is 0 Å². The van der Waals surface area contributed by atoms with E-state index >= 15 is 0 Å². The van der Waals surface area contributed by atoms with Crippen LogP contribution in [0.25, 0.3) is 10.8 Å². The van der Waals surface area contributed by atoms with Crippen LogP contribution in [0.15, 0.2) is 55.0 Å². The fraction of sp³-hybridized carbons (Fsp3) is 0.158. The highest BCUT2D eigenvalue weighted by molar-refractivity contribution is 6.11. The maximum atomic E-state index is 13.1. The molecule has 2 aromatic heterocycles. The maximum Gasteiger partial charge on any atom is 0.330 e. The zero-order valence-electron chi connectivity index (χ0n) is 13.6. The molecule has 3 heterocycles. The monoisotopic (exact) mass is 329 g/mol. The maximum absolute atomic E-state index is 13.1. The average Bonchev–Trinajstić information content (AvgIpc) is 2.97. The van der Waals surface area contributed by atoms with Crippen molar-refractivity contribution in [1.82, 2.24) is 9.97 Å². The second-order valence-electron chi connectivity index (χ2n) is 5.94. The van der Waals surface area contributed by atoms with E-state index in [2.05, 4.69) is 16.0 Å². The van der Waals surface area contributed by atoms with Gasteiger partial charge in [0.1, 0.15) is 6.04 Å². The van der Waals surface area contributed by atoms with E-state index in [0.29, 0.717) is 12.2 Å². The number of hydrogen-bond donors (Lipinski definition) is 0. The molecule has 25 heavy (non-hydrogen) atoms. The zero-order valence-corrected chi connectivity index (χ0v) is 13.6. The van der Waals surface area contributed by atoms with Gasteiger partial charge in [0.2, 0.25) is 0 Å². The smallest absolute Gasteiger partial charge is 0.291 e. The normalized spacial score (nSPS) is 17.1. The minimum atomic E-state index is -0.575. The van der Waals surface area contributed by atoms with Crippen LogP contribution in [0.1, 0.15) is 5.69 Å². The Morgan fingerprint density at radius 1 is 1.24 bits per heavy atom. The minimum Gasteiger partial charge on any atom is -0.291 e. The first kappa shape index (κ1) is 15.1. The molecular formula is C19H15N5O. The summed E-state index contributed by atoms with van der Waals surface area (Å²) in [4.78, 5) is 24.6. The lowest BCUT2D eigenvalue weighted by Crippen LogP contribution is -2.34. The fourth-order valence-corrected chi connectivity index (χ4v) is 3.17. The number of nitrogens with zero attached hydrogens (tertiary/aromatic N) is 5. The number of fused-ring (bicyclic) bond motifs is 1. The number of carbonyl (C=O) groups is 1. The SMILES string of the molecule is Cc1cc(N2C[C@H](C#N)N(c3cncc4ccccc34)C2=O)ccn1. The van der Waals surface area contributed by atoms with Gasteiger partial charge in [0.15, 0.2) is 0 Å². The van der Waals surface area contributed by atoms with Crippen LogP contribution < -0.4 is 9.80 Å². The lowest BCUT2D eigenvalue weighted by Gasteiger charge is -2.21. The molecular weight excluding hydrogens is 314 g/mol. The third-order valence-corrected chi connectivity index (χ3v) is 4.35. The standard InChI is InChI=1S/C19H15N5O/c1-13-8-15(6-7-22-13)23-12-16(9-20)24(19(23)25)18-11-21-10-14-4-2-3-5-17(14)18/h2-8,10-11,16H,12H2,1H3/t16-/m0/s1. The van der Waals surface area contributed by atoms with Crippen molar-refractivity contribution in [3.63, 3.8) is 0 Å². The first-order valence-corrected chi connectivity index (χ1v) is 7.95. The predicted octanol–water partition coefficient (Wildman–Crippen LogP) is 3.28. The van der Waals surface area contributed by atoms with E-state index in [1.165, 1.54) is 4.90 Å². The molecule has 3 aromatic rings. The van der Waals surface area contributed by atoms with Gasteiger partial charge in [-0.15, -0.1) is 0 Å². The quantitative estimate of drug-likeness (QED) is 0.723. The Balaban J connectivity index is 1.81. The predicted molar refractivity (Wildman–Crippen MR) is 95.3 cm³/mol. The van der Waals surface area contributed by atoms with Crippen molar-refractivity contribution in [1.29, 1.82) is 5.26 Å².